The molecule has 9 heteroatoms. The smallest absolute Gasteiger partial charge is 0.342 e. The first kappa shape index (κ1) is 25.9. The average molecular weight is 477 g/mol. The Bertz CT molecular complexity index is 950. The maximum atomic E-state index is 13.2. The Labute approximate surface area is 199 Å². The molecule has 0 saturated carbocycles. The SMILES string of the molecule is COCOc1ccc(C(=O)OC)c2c1C(=O)O[C@@H](C)CC=CC(O)[C@H]1OC(C)(C)O[C@H]1CC=C2. The molecule has 3 rings (SSSR count). The number of cyclic esters (lactones) is 1. The summed E-state index contributed by atoms with van der Waals surface area (Å²) in [5.41, 5.74) is 0.556. The molecule has 1 fully saturated rings. The van der Waals surface area contributed by atoms with Gasteiger partial charge in [0.2, 0.25) is 0 Å². The second kappa shape index (κ2) is 11.1. The van der Waals surface area contributed by atoms with E-state index in [2.05, 4.69) is 0 Å². The van der Waals surface area contributed by atoms with Crippen molar-refractivity contribution < 1.29 is 43.1 Å². The van der Waals surface area contributed by atoms with Crippen LogP contribution >= 0.6 is 0 Å². The van der Waals surface area contributed by atoms with Crippen molar-refractivity contribution in [3.63, 3.8) is 0 Å². The van der Waals surface area contributed by atoms with E-state index in [9.17, 15) is 14.7 Å². The van der Waals surface area contributed by atoms with Gasteiger partial charge in [0, 0.05) is 19.1 Å². The fourth-order valence-electron chi connectivity index (χ4n) is 3.98. The second-order valence-corrected chi connectivity index (χ2v) is 8.59. The lowest BCUT2D eigenvalue weighted by molar-refractivity contribution is -0.152. The normalized spacial score (nSPS) is 26.7. The number of benzene rings is 1. The van der Waals surface area contributed by atoms with Gasteiger partial charge in [0.1, 0.15) is 29.6 Å². The number of aliphatic hydroxyl groups is 1. The summed E-state index contributed by atoms with van der Waals surface area (Å²) in [5, 5.41) is 10.7. The first-order valence-corrected chi connectivity index (χ1v) is 11.1. The van der Waals surface area contributed by atoms with Crippen molar-refractivity contribution in [3.8, 4) is 5.75 Å². The van der Waals surface area contributed by atoms with E-state index in [0.29, 0.717) is 18.4 Å². The van der Waals surface area contributed by atoms with Crippen LogP contribution in [0.15, 0.2) is 30.4 Å². The second-order valence-electron chi connectivity index (χ2n) is 8.59. The van der Waals surface area contributed by atoms with E-state index in [4.69, 9.17) is 28.4 Å². The van der Waals surface area contributed by atoms with Crippen molar-refractivity contribution in [1.29, 1.82) is 0 Å². The summed E-state index contributed by atoms with van der Waals surface area (Å²) in [4.78, 5) is 25.7. The van der Waals surface area contributed by atoms with Crippen molar-refractivity contribution in [2.45, 2.75) is 63.8 Å². The average Bonchev–Trinajstić information content (AvgIpc) is 3.10. The number of hydrogen-bond donors (Lipinski definition) is 1. The van der Waals surface area contributed by atoms with E-state index < -0.39 is 42.1 Å². The highest BCUT2D eigenvalue weighted by atomic mass is 16.8. The Balaban J connectivity index is 2.11. The largest absolute Gasteiger partial charge is 0.467 e. The topological polar surface area (TPSA) is 110 Å². The Morgan fingerprint density at radius 3 is 2.65 bits per heavy atom. The van der Waals surface area contributed by atoms with Crippen molar-refractivity contribution >= 4 is 18.0 Å². The van der Waals surface area contributed by atoms with Gasteiger partial charge in [-0.2, -0.15) is 0 Å². The summed E-state index contributed by atoms with van der Waals surface area (Å²) in [7, 11) is 2.73. The van der Waals surface area contributed by atoms with Crippen LogP contribution in [0.2, 0.25) is 0 Å². The molecule has 186 valence electrons. The third kappa shape index (κ3) is 6.04. The van der Waals surface area contributed by atoms with Gasteiger partial charge in [-0.15, -0.1) is 0 Å². The molecule has 1 aromatic carbocycles. The highest BCUT2D eigenvalue weighted by molar-refractivity contribution is 6.03. The van der Waals surface area contributed by atoms with Crippen LogP contribution in [0, 0.1) is 0 Å². The van der Waals surface area contributed by atoms with Crippen LogP contribution in [0.4, 0.5) is 0 Å². The van der Waals surface area contributed by atoms with E-state index in [1.54, 1.807) is 45.1 Å². The van der Waals surface area contributed by atoms with Gasteiger partial charge < -0.3 is 33.5 Å². The highest BCUT2D eigenvalue weighted by Gasteiger charge is 2.43. The van der Waals surface area contributed by atoms with Crippen LogP contribution < -0.4 is 4.74 Å². The lowest BCUT2D eigenvalue weighted by Crippen LogP contribution is -2.34. The van der Waals surface area contributed by atoms with Gasteiger partial charge in [-0.3, -0.25) is 0 Å². The number of rotatable bonds is 4. The molecule has 34 heavy (non-hydrogen) atoms. The summed E-state index contributed by atoms with van der Waals surface area (Å²) < 4.78 is 33.1. The van der Waals surface area contributed by atoms with E-state index in [1.165, 1.54) is 26.4 Å². The first-order valence-electron chi connectivity index (χ1n) is 11.1. The molecular formula is C25H32O9. The summed E-state index contributed by atoms with van der Waals surface area (Å²) in [6.45, 7) is 5.21. The van der Waals surface area contributed by atoms with Crippen molar-refractivity contribution in [2.24, 2.45) is 0 Å². The molecule has 0 radical (unpaired) electrons. The van der Waals surface area contributed by atoms with Gasteiger partial charge in [0.25, 0.3) is 0 Å². The van der Waals surface area contributed by atoms with Crippen molar-refractivity contribution in [2.75, 3.05) is 21.0 Å². The monoisotopic (exact) mass is 476 g/mol. The molecule has 0 amide bonds. The molecule has 0 spiro atoms. The maximum absolute atomic E-state index is 13.2. The van der Waals surface area contributed by atoms with E-state index >= 15 is 0 Å². The number of carbonyl (C=O) groups excluding carboxylic acids is 2. The van der Waals surface area contributed by atoms with Gasteiger partial charge in [-0.1, -0.05) is 24.3 Å². The lowest BCUT2D eigenvalue weighted by atomic mass is 9.97. The molecule has 0 aliphatic carbocycles. The minimum absolute atomic E-state index is 0.0876. The van der Waals surface area contributed by atoms with Crippen LogP contribution in [0.5, 0.6) is 5.75 Å². The van der Waals surface area contributed by atoms with Crippen LogP contribution in [-0.2, 0) is 23.7 Å². The van der Waals surface area contributed by atoms with Gasteiger partial charge in [-0.05, 0) is 39.3 Å². The molecule has 1 saturated heterocycles. The zero-order valence-electron chi connectivity index (χ0n) is 20.1. The Morgan fingerprint density at radius 1 is 1.18 bits per heavy atom. The third-order valence-corrected chi connectivity index (χ3v) is 5.47. The number of carbonyl (C=O) groups is 2. The number of esters is 2. The summed E-state index contributed by atoms with van der Waals surface area (Å²) in [5.74, 6) is -1.92. The lowest BCUT2D eigenvalue weighted by Gasteiger charge is -2.21. The molecule has 2 heterocycles. The zero-order chi connectivity index (χ0) is 24.9. The first-order chi connectivity index (χ1) is 16.2. The fraction of sp³-hybridized carbons (Fsp3) is 0.520. The van der Waals surface area contributed by atoms with Gasteiger partial charge in [-0.25, -0.2) is 9.59 Å². The van der Waals surface area contributed by atoms with Crippen LogP contribution in [-0.4, -0.2) is 68.3 Å². The molecule has 0 bridgehead atoms. The molecule has 1 N–H and O–H groups in total. The zero-order valence-corrected chi connectivity index (χ0v) is 20.1. The Kier molecular flexibility index (Phi) is 8.48. The molecule has 9 nitrogen and oxygen atoms in total. The number of methoxy groups -OCH3 is 2. The summed E-state index contributed by atoms with van der Waals surface area (Å²) in [6, 6.07) is 3.03. The molecule has 0 aromatic heterocycles. The van der Waals surface area contributed by atoms with Crippen LogP contribution in [0.25, 0.3) is 6.08 Å². The van der Waals surface area contributed by atoms with Crippen LogP contribution in [0.3, 0.4) is 0 Å². The third-order valence-electron chi connectivity index (χ3n) is 5.47. The molecule has 1 aromatic rings. The van der Waals surface area contributed by atoms with Gasteiger partial charge in [0.05, 0.1) is 18.8 Å². The molecule has 2 aliphatic rings. The number of aliphatic hydroxyl groups excluding tert-OH is 1. The van der Waals surface area contributed by atoms with E-state index in [0.717, 1.165) is 0 Å². The van der Waals surface area contributed by atoms with E-state index in [1.807, 2.05) is 0 Å². The molecular weight excluding hydrogens is 444 g/mol. The summed E-state index contributed by atoms with van der Waals surface area (Å²) in [6.07, 6.45) is 5.01. The van der Waals surface area contributed by atoms with Gasteiger partial charge >= 0.3 is 11.9 Å². The quantitative estimate of drug-likeness (QED) is 0.398. The van der Waals surface area contributed by atoms with Gasteiger partial charge in [0.15, 0.2) is 12.6 Å². The Morgan fingerprint density at radius 2 is 1.94 bits per heavy atom. The summed E-state index contributed by atoms with van der Waals surface area (Å²) >= 11 is 0. The molecule has 1 unspecified atom stereocenters. The van der Waals surface area contributed by atoms with Crippen molar-refractivity contribution in [3.05, 3.63) is 47.1 Å². The molecule has 2 aliphatic heterocycles. The predicted octanol–water partition coefficient (Wildman–Crippen LogP) is 3.25. The molecule has 4 atom stereocenters. The number of hydrogen-bond acceptors (Lipinski definition) is 9. The van der Waals surface area contributed by atoms with Crippen molar-refractivity contribution in [1.82, 2.24) is 0 Å². The highest BCUT2D eigenvalue weighted by Crippen LogP contribution is 2.34. The minimum atomic E-state index is -0.905. The van der Waals surface area contributed by atoms with E-state index in [-0.39, 0.29) is 23.7 Å². The number of ether oxygens (including phenoxy) is 6. The Hall–Kier alpha value is -2.72. The number of fused-ring (bicyclic) bond motifs is 2. The fourth-order valence-corrected chi connectivity index (χ4v) is 3.98. The standard InChI is InChI=1S/C25H32O9/c1-15-8-6-10-18(26)22-20(33-25(2,3)34-22)11-7-9-16-17(23(27)30-5)12-13-19(31-14-29-4)21(16)24(28)32-15/h6-7,9-10,12-13,15,18,20,22,26H,8,11,14H2,1-5H3/t15-,18?,20-,22+/m0/s1. The van der Waals surface area contributed by atoms with Crippen LogP contribution in [0.1, 0.15) is 59.9 Å². The maximum Gasteiger partial charge on any atom is 0.342 e. The predicted molar refractivity (Wildman–Crippen MR) is 122 cm³/mol. The minimum Gasteiger partial charge on any atom is -0.467 e.